The Labute approximate surface area is 126 Å². The summed E-state index contributed by atoms with van der Waals surface area (Å²) in [5.74, 6) is 0.130. The first-order chi connectivity index (χ1) is 10.6. The standard InChI is InChI=1S/C18H15FO3/c1-2-3-13-15(20)9-8-14-16(21)10-17(22-18(13)14)11-4-6-12(19)7-5-11/h4-10,20H,2-3H2,1H3. The first kappa shape index (κ1) is 14.3. The molecule has 1 N–H and O–H groups in total. The highest BCUT2D eigenvalue weighted by Crippen LogP contribution is 2.30. The van der Waals surface area contributed by atoms with E-state index >= 15 is 0 Å². The molecule has 0 radical (unpaired) electrons. The number of halogens is 1. The van der Waals surface area contributed by atoms with Crippen molar-refractivity contribution in [3.05, 3.63) is 64.1 Å². The van der Waals surface area contributed by atoms with Crippen LogP contribution in [0, 0.1) is 5.82 Å². The predicted molar refractivity (Wildman–Crippen MR) is 83.5 cm³/mol. The number of hydrogen-bond donors (Lipinski definition) is 1. The smallest absolute Gasteiger partial charge is 0.193 e. The van der Waals surface area contributed by atoms with Crippen LogP contribution in [-0.2, 0) is 6.42 Å². The van der Waals surface area contributed by atoms with Gasteiger partial charge in [0.2, 0.25) is 0 Å². The third-order valence-electron chi connectivity index (χ3n) is 3.60. The van der Waals surface area contributed by atoms with E-state index in [1.807, 2.05) is 6.92 Å². The van der Waals surface area contributed by atoms with Crippen molar-refractivity contribution in [2.75, 3.05) is 0 Å². The average molecular weight is 298 g/mol. The fraction of sp³-hybridized carbons (Fsp3) is 0.167. The van der Waals surface area contributed by atoms with E-state index in [1.165, 1.54) is 24.3 Å². The van der Waals surface area contributed by atoms with E-state index in [2.05, 4.69) is 0 Å². The highest BCUT2D eigenvalue weighted by atomic mass is 19.1. The van der Waals surface area contributed by atoms with Crippen molar-refractivity contribution in [2.24, 2.45) is 0 Å². The molecular formula is C18H15FO3. The lowest BCUT2D eigenvalue weighted by molar-refractivity contribution is 0.466. The van der Waals surface area contributed by atoms with Gasteiger partial charge in [0, 0.05) is 17.2 Å². The molecule has 2 aromatic carbocycles. The molecule has 3 nitrogen and oxygen atoms in total. The van der Waals surface area contributed by atoms with Crippen molar-refractivity contribution in [1.29, 1.82) is 0 Å². The van der Waals surface area contributed by atoms with Gasteiger partial charge < -0.3 is 9.52 Å². The second-order valence-corrected chi connectivity index (χ2v) is 5.17. The van der Waals surface area contributed by atoms with E-state index < -0.39 is 0 Å². The van der Waals surface area contributed by atoms with Crippen LogP contribution in [0.25, 0.3) is 22.3 Å². The maximum Gasteiger partial charge on any atom is 0.193 e. The molecule has 0 saturated carbocycles. The molecule has 1 heterocycles. The molecule has 4 heteroatoms. The van der Waals surface area contributed by atoms with Gasteiger partial charge in [-0.1, -0.05) is 13.3 Å². The Bertz CT molecular complexity index is 879. The first-order valence-electron chi connectivity index (χ1n) is 7.15. The van der Waals surface area contributed by atoms with Crippen LogP contribution in [0.15, 0.2) is 51.7 Å². The molecule has 0 aliphatic carbocycles. The van der Waals surface area contributed by atoms with Crippen molar-refractivity contribution in [3.8, 4) is 17.1 Å². The molecule has 3 rings (SSSR count). The summed E-state index contributed by atoms with van der Waals surface area (Å²) in [5, 5.41) is 10.5. The first-order valence-corrected chi connectivity index (χ1v) is 7.15. The summed E-state index contributed by atoms with van der Waals surface area (Å²) >= 11 is 0. The number of aryl methyl sites for hydroxylation is 1. The Balaban J connectivity index is 2.28. The molecule has 22 heavy (non-hydrogen) atoms. The summed E-state index contributed by atoms with van der Waals surface area (Å²) in [6, 6.07) is 10.2. The molecule has 0 unspecified atom stereocenters. The topological polar surface area (TPSA) is 50.4 Å². The molecule has 0 spiro atoms. The monoisotopic (exact) mass is 298 g/mol. The number of hydrogen-bond acceptors (Lipinski definition) is 3. The molecule has 1 aromatic heterocycles. The van der Waals surface area contributed by atoms with Gasteiger partial charge in [0.05, 0.1) is 5.39 Å². The minimum absolute atomic E-state index is 0.119. The molecule has 0 aliphatic heterocycles. The Morgan fingerprint density at radius 1 is 1.14 bits per heavy atom. The van der Waals surface area contributed by atoms with E-state index in [4.69, 9.17) is 4.42 Å². The van der Waals surface area contributed by atoms with Gasteiger partial charge in [-0.3, -0.25) is 4.79 Å². The average Bonchev–Trinajstić information content (AvgIpc) is 2.51. The molecule has 3 aromatic rings. The summed E-state index contributed by atoms with van der Waals surface area (Å²) < 4.78 is 18.9. The van der Waals surface area contributed by atoms with Crippen molar-refractivity contribution < 1.29 is 13.9 Å². The van der Waals surface area contributed by atoms with Gasteiger partial charge in [0.1, 0.15) is 22.9 Å². The number of fused-ring (bicyclic) bond motifs is 1. The van der Waals surface area contributed by atoms with Gasteiger partial charge in [-0.2, -0.15) is 0 Å². The Morgan fingerprint density at radius 2 is 1.86 bits per heavy atom. The van der Waals surface area contributed by atoms with Gasteiger partial charge in [-0.05, 0) is 42.8 Å². The van der Waals surface area contributed by atoms with Crippen LogP contribution in [0.1, 0.15) is 18.9 Å². The predicted octanol–water partition coefficient (Wildman–Crippen LogP) is 4.26. The number of benzene rings is 2. The number of phenols is 1. The maximum atomic E-state index is 13.0. The van der Waals surface area contributed by atoms with Crippen LogP contribution >= 0.6 is 0 Å². The molecule has 0 atom stereocenters. The summed E-state index contributed by atoms with van der Waals surface area (Å²) in [6.07, 6.45) is 1.43. The van der Waals surface area contributed by atoms with Crippen molar-refractivity contribution in [3.63, 3.8) is 0 Å². The molecule has 0 aliphatic rings. The van der Waals surface area contributed by atoms with Crippen LogP contribution in [0.2, 0.25) is 0 Å². The van der Waals surface area contributed by atoms with Gasteiger partial charge in [-0.25, -0.2) is 4.39 Å². The fourth-order valence-electron chi connectivity index (χ4n) is 2.51. The molecular weight excluding hydrogens is 283 g/mol. The fourth-order valence-corrected chi connectivity index (χ4v) is 2.51. The zero-order chi connectivity index (χ0) is 15.7. The molecule has 0 amide bonds. The van der Waals surface area contributed by atoms with E-state index in [1.54, 1.807) is 18.2 Å². The highest BCUT2D eigenvalue weighted by molar-refractivity contribution is 5.83. The summed E-state index contributed by atoms with van der Waals surface area (Å²) in [6.45, 7) is 1.99. The van der Waals surface area contributed by atoms with E-state index in [9.17, 15) is 14.3 Å². The molecule has 0 bridgehead atoms. The van der Waals surface area contributed by atoms with Crippen molar-refractivity contribution >= 4 is 11.0 Å². The van der Waals surface area contributed by atoms with Crippen LogP contribution in [0.5, 0.6) is 5.75 Å². The number of rotatable bonds is 3. The van der Waals surface area contributed by atoms with Crippen LogP contribution in [0.4, 0.5) is 4.39 Å². The molecule has 0 fully saturated rings. The largest absolute Gasteiger partial charge is 0.508 e. The lowest BCUT2D eigenvalue weighted by atomic mass is 10.0. The highest BCUT2D eigenvalue weighted by Gasteiger charge is 2.13. The van der Waals surface area contributed by atoms with Crippen LogP contribution in [-0.4, -0.2) is 5.11 Å². The van der Waals surface area contributed by atoms with Crippen LogP contribution < -0.4 is 5.43 Å². The number of phenolic OH excluding ortho intramolecular Hbond substituents is 1. The Morgan fingerprint density at radius 3 is 2.55 bits per heavy atom. The van der Waals surface area contributed by atoms with Gasteiger partial charge in [0.25, 0.3) is 0 Å². The summed E-state index contributed by atoms with van der Waals surface area (Å²) in [5.41, 5.74) is 1.46. The zero-order valence-electron chi connectivity index (χ0n) is 12.1. The van der Waals surface area contributed by atoms with E-state index in [0.717, 1.165) is 6.42 Å². The normalized spacial score (nSPS) is 11.0. The van der Waals surface area contributed by atoms with Gasteiger partial charge >= 0.3 is 0 Å². The lowest BCUT2D eigenvalue weighted by Gasteiger charge is -2.09. The molecule has 0 saturated heterocycles. The minimum atomic E-state index is -0.351. The second-order valence-electron chi connectivity index (χ2n) is 5.17. The minimum Gasteiger partial charge on any atom is -0.508 e. The van der Waals surface area contributed by atoms with Gasteiger partial charge in [-0.15, -0.1) is 0 Å². The maximum absolute atomic E-state index is 13.0. The lowest BCUT2D eigenvalue weighted by Crippen LogP contribution is -2.02. The number of aromatic hydroxyl groups is 1. The second kappa shape index (κ2) is 5.64. The summed E-state index contributed by atoms with van der Waals surface area (Å²) in [7, 11) is 0. The Kier molecular flexibility index (Phi) is 3.67. The van der Waals surface area contributed by atoms with Gasteiger partial charge in [0.15, 0.2) is 5.43 Å². The SMILES string of the molecule is CCCc1c(O)ccc2c(=O)cc(-c3ccc(F)cc3)oc12. The third kappa shape index (κ3) is 2.48. The quantitative estimate of drug-likeness (QED) is 0.786. The summed E-state index contributed by atoms with van der Waals surface area (Å²) in [4.78, 5) is 12.3. The van der Waals surface area contributed by atoms with Crippen molar-refractivity contribution in [1.82, 2.24) is 0 Å². The molecule has 112 valence electrons. The van der Waals surface area contributed by atoms with Crippen LogP contribution in [0.3, 0.4) is 0 Å². The van der Waals surface area contributed by atoms with Crippen molar-refractivity contribution in [2.45, 2.75) is 19.8 Å². The van der Waals surface area contributed by atoms with E-state index in [-0.39, 0.29) is 17.0 Å². The zero-order valence-corrected chi connectivity index (χ0v) is 12.1. The van der Waals surface area contributed by atoms with E-state index in [0.29, 0.717) is 34.3 Å². The third-order valence-corrected chi connectivity index (χ3v) is 3.60. The Hall–Kier alpha value is -2.62.